The number of hydrogen-bond donors (Lipinski definition) is 1. The molecule has 6 heteroatoms. The van der Waals surface area contributed by atoms with E-state index in [1.165, 1.54) is 6.07 Å². The van der Waals surface area contributed by atoms with Crippen LogP contribution in [0.3, 0.4) is 0 Å². The Labute approximate surface area is 133 Å². The van der Waals surface area contributed by atoms with Gasteiger partial charge in [-0.1, -0.05) is 25.1 Å². The molecule has 3 nitrogen and oxygen atoms in total. The average molecular weight is 327 g/mol. The van der Waals surface area contributed by atoms with Crippen LogP contribution >= 0.6 is 0 Å². The van der Waals surface area contributed by atoms with E-state index in [4.69, 9.17) is 0 Å². The average Bonchev–Trinajstić information content (AvgIpc) is 3.29. The molecule has 1 aliphatic carbocycles. The molecule has 1 aromatic carbocycles. The van der Waals surface area contributed by atoms with E-state index in [2.05, 4.69) is 0 Å². The molecule has 126 valence electrons. The maximum Gasteiger partial charge on any atom is 0.416 e. The second kappa shape index (κ2) is 5.82. The van der Waals surface area contributed by atoms with E-state index in [0.29, 0.717) is 25.1 Å². The minimum Gasteiger partial charge on any atom is -0.391 e. The number of likely N-dealkylation sites (tertiary alicyclic amines) is 1. The van der Waals surface area contributed by atoms with Crippen LogP contribution in [0.2, 0.25) is 0 Å². The highest BCUT2D eigenvalue weighted by Gasteiger charge is 2.47. The highest BCUT2D eigenvalue weighted by molar-refractivity contribution is 5.83. The Kier molecular flexibility index (Phi) is 4.12. The van der Waals surface area contributed by atoms with Crippen molar-refractivity contribution in [1.82, 2.24) is 4.90 Å². The molecule has 1 aliphatic heterocycles. The molecule has 4 atom stereocenters. The Hall–Kier alpha value is -1.56. The van der Waals surface area contributed by atoms with Crippen molar-refractivity contribution in [3.8, 4) is 0 Å². The van der Waals surface area contributed by atoms with Gasteiger partial charge in [0.25, 0.3) is 0 Å². The van der Waals surface area contributed by atoms with E-state index < -0.39 is 17.8 Å². The molecular weight excluding hydrogens is 307 g/mol. The van der Waals surface area contributed by atoms with E-state index in [9.17, 15) is 23.1 Å². The Balaban J connectivity index is 1.66. The van der Waals surface area contributed by atoms with Gasteiger partial charge in [0.15, 0.2) is 0 Å². The van der Waals surface area contributed by atoms with Crippen LogP contribution in [0.4, 0.5) is 13.2 Å². The van der Waals surface area contributed by atoms with Crippen molar-refractivity contribution in [3.63, 3.8) is 0 Å². The van der Waals surface area contributed by atoms with Gasteiger partial charge in [0, 0.05) is 19.0 Å². The van der Waals surface area contributed by atoms with Gasteiger partial charge in [-0.05, 0) is 36.3 Å². The third kappa shape index (κ3) is 3.37. The second-order valence-electron chi connectivity index (χ2n) is 6.69. The monoisotopic (exact) mass is 327 g/mol. The number of alkyl halides is 3. The number of aliphatic hydroxyl groups is 1. The molecule has 3 rings (SSSR count). The van der Waals surface area contributed by atoms with Gasteiger partial charge in [0.05, 0.1) is 11.7 Å². The molecule has 2 fully saturated rings. The van der Waals surface area contributed by atoms with Crippen molar-refractivity contribution in [2.75, 3.05) is 13.1 Å². The number of hydrogen-bond acceptors (Lipinski definition) is 2. The van der Waals surface area contributed by atoms with Crippen LogP contribution in [0, 0.1) is 11.8 Å². The summed E-state index contributed by atoms with van der Waals surface area (Å²) >= 11 is 0. The number of rotatable bonds is 2. The summed E-state index contributed by atoms with van der Waals surface area (Å²) in [7, 11) is 0. The first-order chi connectivity index (χ1) is 10.8. The standard InChI is InChI=1S/C17H20F3NO2/c1-10-5-6-21(9-15(10)22)16(23)14-8-13(14)11-3-2-4-12(7-11)17(18,19)20/h2-4,7,10,13-15,22H,5-6,8-9H2,1H3. The molecule has 0 aromatic heterocycles. The molecule has 2 aliphatic rings. The molecular formula is C17H20F3NO2. The number of carbonyl (C=O) groups excluding carboxylic acids is 1. The normalized spacial score (nSPS) is 31.1. The summed E-state index contributed by atoms with van der Waals surface area (Å²) in [6.45, 7) is 2.89. The van der Waals surface area contributed by atoms with Gasteiger partial charge in [0.2, 0.25) is 5.91 Å². The molecule has 23 heavy (non-hydrogen) atoms. The Morgan fingerprint density at radius 3 is 2.74 bits per heavy atom. The molecule has 1 saturated heterocycles. The number of amides is 1. The summed E-state index contributed by atoms with van der Waals surface area (Å²) in [5, 5.41) is 9.89. The molecule has 0 bridgehead atoms. The van der Waals surface area contributed by atoms with Gasteiger partial charge in [-0.15, -0.1) is 0 Å². The summed E-state index contributed by atoms with van der Waals surface area (Å²) in [4.78, 5) is 14.1. The molecule has 1 saturated carbocycles. The summed E-state index contributed by atoms with van der Waals surface area (Å²) in [6, 6.07) is 5.24. The van der Waals surface area contributed by atoms with Crippen molar-refractivity contribution in [3.05, 3.63) is 35.4 Å². The lowest BCUT2D eigenvalue weighted by molar-refractivity contribution is -0.137. The lowest BCUT2D eigenvalue weighted by Crippen LogP contribution is -2.46. The van der Waals surface area contributed by atoms with Gasteiger partial charge in [-0.2, -0.15) is 13.2 Å². The van der Waals surface area contributed by atoms with Crippen LogP contribution < -0.4 is 0 Å². The van der Waals surface area contributed by atoms with Crippen molar-refractivity contribution < 1.29 is 23.1 Å². The highest BCUT2D eigenvalue weighted by atomic mass is 19.4. The fourth-order valence-corrected chi connectivity index (χ4v) is 3.27. The number of aliphatic hydroxyl groups excluding tert-OH is 1. The summed E-state index contributed by atoms with van der Waals surface area (Å²) in [5.41, 5.74) is -0.0978. The number of nitrogens with zero attached hydrogens (tertiary/aromatic N) is 1. The third-order valence-corrected chi connectivity index (χ3v) is 4.98. The minimum atomic E-state index is -4.36. The minimum absolute atomic E-state index is 0.0432. The van der Waals surface area contributed by atoms with Crippen LogP contribution in [0.15, 0.2) is 24.3 Å². The third-order valence-electron chi connectivity index (χ3n) is 4.98. The van der Waals surface area contributed by atoms with E-state index in [0.717, 1.165) is 18.6 Å². The largest absolute Gasteiger partial charge is 0.416 e. The van der Waals surface area contributed by atoms with Gasteiger partial charge in [-0.3, -0.25) is 4.79 Å². The molecule has 4 unspecified atom stereocenters. The zero-order valence-electron chi connectivity index (χ0n) is 12.9. The first-order valence-corrected chi connectivity index (χ1v) is 7.91. The molecule has 1 aromatic rings. The SMILES string of the molecule is CC1CCN(C(=O)C2CC2c2cccc(C(F)(F)F)c2)CC1O. The molecule has 1 amide bonds. The molecule has 1 N–H and O–H groups in total. The molecule has 1 heterocycles. The van der Waals surface area contributed by atoms with Crippen LogP contribution in [0.1, 0.15) is 36.8 Å². The highest BCUT2D eigenvalue weighted by Crippen LogP contribution is 2.49. The van der Waals surface area contributed by atoms with Gasteiger partial charge < -0.3 is 10.0 Å². The number of carbonyl (C=O) groups is 1. The number of β-amino-alcohol motifs (C(OH)–C–C–N with tert-alkyl or cyclic N) is 1. The summed E-state index contributed by atoms with van der Waals surface area (Å²) in [6.07, 6.45) is -3.54. The Morgan fingerprint density at radius 1 is 1.35 bits per heavy atom. The van der Waals surface area contributed by atoms with Gasteiger partial charge in [0.1, 0.15) is 0 Å². The quantitative estimate of drug-likeness (QED) is 0.907. The smallest absolute Gasteiger partial charge is 0.391 e. The first kappa shape index (κ1) is 16.3. The maximum atomic E-state index is 12.8. The Morgan fingerprint density at radius 2 is 2.09 bits per heavy atom. The summed E-state index contributed by atoms with van der Waals surface area (Å²) < 4.78 is 38.3. The van der Waals surface area contributed by atoms with Crippen LogP contribution in [-0.4, -0.2) is 35.1 Å². The van der Waals surface area contributed by atoms with E-state index in [1.807, 2.05) is 6.92 Å². The van der Waals surface area contributed by atoms with Crippen molar-refractivity contribution >= 4 is 5.91 Å². The van der Waals surface area contributed by atoms with Crippen molar-refractivity contribution in [2.45, 2.75) is 38.0 Å². The topological polar surface area (TPSA) is 40.5 Å². The lowest BCUT2D eigenvalue weighted by atomic mass is 9.95. The van der Waals surface area contributed by atoms with E-state index >= 15 is 0 Å². The van der Waals surface area contributed by atoms with Crippen LogP contribution in [0.25, 0.3) is 0 Å². The van der Waals surface area contributed by atoms with Crippen molar-refractivity contribution in [1.29, 1.82) is 0 Å². The van der Waals surface area contributed by atoms with Gasteiger partial charge in [-0.25, -0.2) is 0 Å². The fraction of sp³-hybridized carbons (Fsp3) is 0.588. The molecule has 0 radical (unpaired) electrons. The van der Waals surface area contributed by atoms with E-state index in [1.54, 1.807) is 11.0 Å². The van der Waals surface area contributed by atoms with Crippen LogP contribution in [0.5, 0.6) is 0 Å². The Bertz CT molecular complexity index is 602. The van der Waals surface area contributed by atoms with E-state index in [-0.39, 0.29) is 23.7 Å². The number of benzene rings is 1. The predicted molar refractivity (Wildman–Crippen MR) is 78.7 cm³/mol. The number of piperidine rings is 1. The molecule has 0 spiro atoms. The lowest BCUT2D eigenvalue weighted by Gasteiger charge is -2.34. The zero-order valence-corrected chi connectivity index (χ0v) is 12.9. The summed E-state index contributed by atoms with van der Waals surface area (Å²) in [5.74, 6) is -0.253. The fourth-order valence-electron chi connectivity index (χ4n) is 3.27. The number of halogens is 3. The maximum absolute atomic E-state index is 12.8. The van der Waals surface area contributed by atoms with Crippen LogP contribution in [-0.2, 0) is 11.0 Å². The zero-order chi connectivity index (χ0) is 16.8. The first-order valence-electron chi connectivity index (χ1n) is 7.91. The predicted octanol–water partition coefficient (Wildman–Crippen LogP) is 3.04. The van der Waals surface area contributed by atoms with Gasteiger partial charge >= 0.3 is 6.18 Å². The van der Waals surface area contributed by atoms with Crippen molar-refractivity contribution in [2.24, 2.45) is 11.8 Å². The second-order valence-corrected chi connectivity index (χ2v) is 6.69.